The van der Waals surface area contributed by atoms with Crippen LogP contribution in [0.1, 0.15) is 90.5 Å². The van der Waals surface area contributed by atoms with Gasteiger partial charge in [0.2, 0.25) is 0 Å². The number of anilines is 1. The lowest BCUT2D eigenvalue weighted by atomic mass is 9.90. The first-order valence-electron chi connectivity index (χ1n) is 19.6. The van der Waals surface area contributed by atoms with Crippen molar-refractivity contribution in [2.45, 2.75) is 89.6 Å². The molecule has 0 aliphatic carbocycles. The van der Waals surface area contributed by atoms with Crippen molar-refractivity contribution in [3.8, 4) is 16.9 Å². The Morgan fingerprint density at radius 3 is 2.12 bits per heavy atom. The van der Waals surface area contributed by atoms with Crippen LogP contribution in [0.3, 0.4) is 0 Å². The maximum Gasteiger partial charge on any atom is 0.410 e. The van der Waals surface area contributed by atoms with E-state index in [2.05, 4.69) is 30.7 Å². The van der Waals surface area contributed by atoms with E-state index in [0.717, 1.165) is 35.1 Å². The molecule has 0 saturated carbocycles. The SMILES string of the molecule is CC(C)c1ccc(COC(=O)N2CCC[C@@H](c3cccc(OC(C)(C)C(O)O)c3)C2)cc1.Cc1ccc(-c2ccc(NS(=O)(=O)c3ccc(C)c(C(=O)O)c3)cc2)cc1. The number of aryl methyl sites for hydroxylation is 2. The van der Waals surface area contributed by atoms with E-state index >= 15 is 0 Å². The molecule has 1 fully saturated rings. The first-order chi connectivity index (χ1) is 27.9. The summed E-state index contributed by atoms with van der Waals surface area (Å²) in [6.07, 6.45) is -0.0164. The first kappa shape index (κ1) is 44.4. The van der Waals surface area contributed by atoms with Gasteiger partial charge in [0.15, 0.2) is 11.9 Å². The molecule has 0 aromatic heterocycles. The predicted octanol–water partition coefficient (Wildman–Crippen LogP) is 9.26. The smallest absolute Gasteiger partial charge is 0.410 e. The molecule has 11 nitrogen and oxygen atoms in total. The van der Waals surface area contributed by atoms with Gasteiger partial charge in [0, 0.05) is 24.7 Å². The summed E-state index contributed by atoms with van der Waals surface area (Å²) in [6.45, 7) is 12.7. The Bertz CT molecular complexity index is 2310. The minimum Gasteiger partial charge on any atom is -0.483 e. The highest BCUT2D eigenvalue weighted by Gasteiger charge is 2.30. The van der Waals surface area contributed by atoms with E-state index in [-0.39, 0.29) is 29.1 Å². The number of carbonyl (C=O) groups is 2. The molecule has 0 unspecified atom stereocenters. The Labute approximate surface area is 347 Å². The van der Waals surface area contributed by atoms with Crippen LogP contribution in [0.2, 0.25) is 0 Å². The highest BCUT2D eigenvalue weighted by atomic mass is 32.2. The molecule has 0 bridgehead atoms. The second-order valence-electron chi connectivity index (χ2n) is 15.7. The van der Waals surface area contributed by atoms with Gasteiger partial charge in [0.1, 0.15) is 12.4 Å². The number of ether oxygens (including phenoxy) is 2. The number of aliphatic hydroxyl groups excluding tert-OH is 1. The maximum atomic E-state index is 12.7. The molecule has 312 valence electrons. The van der Waals surface area contributed by atoms with Crippen LogP contribution in [0.4, 0.5) is 10.5 Å². The molecule has 4 N–H and O–H groups in total. The molecule has 1 saturated heterocycles. The predicted molar refractivity (Wildman–Crippen MR) is 229 cm³/mol. The summed E-state index contributed by atoms with van der Waals surface area (Å²) >= 11 is 0. The molecular formula is C47H54N2O9S. The molecule has 0 radical (unpaired) electrons. The number of carboxylic acid groups (broad SMARTS) is 1. The number of sulfonamides is 1. The van der Waals surface area contributed by atoms with Crippen molar-refractivity contribution in [3.05, 3.63) is 149 Å². The number of nitrogens with zero attached hydrogens (tertiary/aromatic N) is 1. The number of amides is 1. The number of hydrogen-bond donors (Lipinski definition) is 4. The normalized spacial score (nSPS) is 14.3. The molecule has 5 aromatic carbocycles. The molecular weight excluding hydrogens is 769 g/mol. The van der Waals surface area contributed by atoms with E-state index in [4.69, 9.17) is 9.47 Å². The van der Waals surface area contributed by atoms with Gasteiger partial charge in [-0.25, -0.2) is 18.0 Å². The van der Waals surface area contributed by atoms with Crippen molar-refractivity contribution in [2.75, 3.05) is 17.8 Å². The van der Waals surface area contributed by atoms with Gasteiger partial charge in [0.25, 0.3) is 10.0 Å². The minimum atomic E-state index is -3.88. The zero-order valence-electron chi connectivity index (χ0n) is 34.4. The van der Waals surface area contributed by atoms with Crippen LogP contribution in [0.25, 0.3) is 11.1 Å². The third-order valence-electron chi connectivity index (χ3n) is 10.3. The van der Waals surface area contributed by atoms with E-state index in [9.17, 15) is 33.3 Å². The highest BCUT2D eigenvalue weighted by Crippen LogP contribution is 2.31. The largest absolute Gasteiger partial charge is 0.483 e. The topological polar surface area (TPSA) is 163 Å². The zero-order chi connectivity index (χ0) is 42.9. The summed E-state index contributed by atoms with van der Waals surface area (Å²) in [7, 11) is -3.88. The lowest BCUT2D eigenvalue weighted by Crippen LogP contribution is -2.41. The molecule has 5 aromatic rings. The fourth-order valence-corrected chi connectivity index (χ4v) is 7.61. The fourth-order valence-electron chi connectivity index (χ4n) is 6.53. The molecule has 6 rings (SSSR count). The van der Waals surface area contributed by atoms with Crippen LogP contribution < -0.4 is 9.46 Å². The van der Waals surface area contributed by atoms with Gasteiger partial charge in [-0.05, 0) is 116 Å². The van der Waals surface area contributed by atoms with Gasteiger partial charge < -0.3 is 29.7 Å². The number of aromatic carboxylic acids is 1. The van der Waals surface area contributed by atoms with Gasteiger partial charge in [-0.1, -0.05) is 98.3 Å². The number of likely N-dealkylation sites (tertiary alicyclic amines) is 1. The van der Waals surface area contributed by atoms with Gasteiger partial charge in [-0.3, -0.25) is 4.72 Å². The zero-order valence-corrected chi connectivity index (χ0v) is 35.2. The summed E-state index contributed by atoms with van der Waals surface area (Å²) in [5.74, 6) is 0.0602. The number of rotatable bonds is 12. The van der Waals surface area contributed by atoms with E-state index in [1.54, 1.807) is 43.9 Å². The Morgan fingerprint density at radius 2 is 1.51 bits per heavy atom. The Kier molecular flexibility index (Phi) is 14.6. The fraction of sp³-hybridized carbons (Fsp3) is 0.319. The Morgan fingerprint density at radius 1 is 0.864 bits per heavy atom. The van der Waals surface area contributed by atoms with E-state index in [1.807, 2.05) is 73.7 Å². The molecule has 1 heterocycles. The Hall–Kier alpha value is -5.69. The standard InChI is InChI=1S/C26H35NO5.C21H19NO4S/c1-18(2)20-12-10-19(11-13-20)17-31-25(30)27-14-6-8-22(16-27)21-7-5-9-23(15-21)32-26(3,4)24(28)29;1-14-3-6-16(7-4-14)17-8-10-18(11-9-17)22-27(25,26)19-12-5-15(2)20(13-19)21(23)24/h5,7,9-13,15,18,22,24,28-29H,6,8,14,16-17H2,1-4H3;3-13,22H,1-2H3,(H,23,24)/t22-;/m1./s1. The molecule has 12 heteroatoms. The van der Waals surface area contributed by atoms with E-state index in [0.29, 0.717) is 36.0 Å². The highest BCUT2D eigenvalue weighted by molar-refractivity contribution is 7.92. The van der Waals surface area contributed by atoms with Crippen molar-refractivity contribution in [3.63, 3.8) is 0 Å². The summed E-state index contributed by atoms with van der Waals surface area (Å²) in [4.78, 5) is 25.6. The van der Waals surface area contributed by atoms with Crippen molar-refractivity contribution in [1.29, 1.82) is 0 Å². The van der Waals surface area contributed by atoms with E-state index in [1.165, 1.54) is 29.3 Å². The van der Waals surface area contributed by atoms with Crippen LogP contribution in [-0.4, -0.2) is 65.7 Å². The molecule has 1 amide bonds. The summed E-state index contributed by atoms with van der Waals surface area (Å²) in [5, 5.41) is 28.2. The monoisotopic (exact) mass is 822 g/mol. The molecule has 59 heavy (non-hydrogen) atoms. The number of hydrogen-bond acceptors (Lipinski definition) is 8. The number of aliphatic hydroxyl groups is 2. The third kappa shape index (κ3) is 12.2. The minimum absolute atomic E-state index is 0.0346. The van der Waals surface area contributed by atoms with Gasteiger partial charge >= 0.3 is 12.1 Å². The number of benzene rings is 5. The average Bonchev–Trinajstić information content (AvgIpc) is 3.20. The van der Waals surface area contributed by atoms with Crippen molar-refractivity contribution < 1.29 is 42.8 Å². The van der Waals surface area contributed by atoms with Crippen LogP contribution in [0.15, 0.2) is 120 Å². The second-order valence-corrected chi connectivity index (χ2v) is 17.4. The lowest BCUT2D eigenvalue weighted by Gasteiger charge is -2.33. The number of piperidine rings is 1. The molecule has 1 aliphatic rings. The maximum absolute atomic E-state index is 12.7. The summed E-state index contributed by atoms with van der Waals surface area (Å²) < 4.78 is 39.0. The first-order valence-corrected chi connectivity index (χ1v) is 21.1. The third-order valence-corrected chi connectivity index (χ3v) is 11.7. The van der Waals surface area contributed by atoms with Crippen LogP contribution in [-0.2, 0) is 21.4 Å². The quantitative estimate of drug-likeness (QED) is 0.0899. The molecule has 1 atom stereocenters. The number of nitrogens with one attached hydrogen (secondary N) is 1. The van der Waals surface area contributed by atoms with Gasteiger partial charge in [-0.2, -0.15) is 0 Å². The molecule has 0 spiro atoms. The average molecular weight is 823 g/mol. The van der Waals surface area contributed by atoms with Crippen molar-refractivity contribution in [1.82, 2.24) is 4.90 Å². The van der Waals surface area contributed by atoms with Crippen LogP contribution in [0, 0.1) is 13.8 Å². The van der Waals surface area contributed by atoms with Crippen LogP contribution in [0.5, 0.6) is 5.75 Å². The van der Waals surface area contributed by atoms with Crippen molar-refractivity contribution >= 4 is 27.8 Å². The Balaban J connectivity index is 0.000000227. The number of carbonyl (C=O) groups excluding carboxylic acids is 1. The van der Waals surface area contributed by atoms with Crippen molar-refractivity contribution in [2.24, 2.45) is 0 Å². The van der Waals surface area contributed by atoms with Crippen LogP contribution >= 0.6 is 0 Å². The van der Waals surface area contributed by atoms with E-state index < -0.39 is 27.9 Å². The lowest BCUT2D eigenvalue weighted by molar-refractivity contribution is -0.154. The summed E-state index contributed by atoms with van der Waals surface area (Å²) in [5.41, 5.74) is 6.25. The molecule has 1 aliphatic heterocycles. The summed E-state index contributed by atoms with van der Waals surface area (Å²) in [6, 6.07) is 34.9. The van der Waals surface area contributed by atoms with Gasteiger partial charge in [0.05, 0.1) is 10.5 Å². The van der Waals surface area contributed by atoms with Gasteiger partial charge in [-0.15, -0.1) is 0 Å². The number of carboxylic acids is 1. The second kappa shape index (κ2) is 19.4.